The van der Waals surface area contributed by atoms with Crippen molar-refractivity contribution < 1.29 is 0 Å². The standard InChI is InChI=1S/C45H28N4Si/c1-48-42-28-34(31-47)40(29-45(42)49-43-20-12-11-19-39(43)41-27-32(30-46)21-26-44(41)49)33-22-24-38(25-23-33)50(35-13-5-2-6-14-35,36-15-7-3-8-16-36)37-17-9-4-10-18-37/h2-29H. The van der Waals surface area contributed by atoms with Gasteiger partial charge in [-0.1, -0.05) is 133 Å². The first-order valence-corrected chi connectivity index (χ1v) is 18.3. The van der Waals surface area contributed by atoms with E-state index in [1.807, 2.05) is 42.5 Å². The van der Waals surface area contributed by atoms with Gasteiger partial charge in [-0.25, -0.2) is 4.85 Å². The summed E-state index contributed by atoms with van der Waals surface area (Å²) in [5.41, 5.74) is 5.57. The Morgan fingerprint density at radius 3 is 1.62 bits per heavy atom. The molecular formula is C45H28N4Si. The van der Waals surface area contributed by atoms with Crippen LogP contribution in [0.15, 0.2) is 170 Å². The van der Waals surface area contributed by atoms with E-state index in [0.29, 0.717) is 22.5 Å². The summed E-state index contributed by atoms with van der Waals surface area (Å²) in [5.74, 6) is 0. The molecule has 232 valence electrons. The van der Waals surface area contributed by atoms with Gasteiger partial charge < -0.3 is 4.57 Å². The van der Waals surface area contributed by atoms with Crippen LogP contribution in [0.5, 0.6) is 0 Å². The third kappa shape index (κ3) is 4.80. The summed E-state index contributed by atoms with van der Waals surface area (Å²) in [5, 5.41) is 27.0. The summed E-state index contributed by atoms with van der Waals surface area (Å²) in [6, 6.07) is 63.0. The van der Waals surface area contributed by atoms with Crippen LogP contribution in [0.25, 0.3) is 43.5 Å². The lowest BCUT2D eigenvalue weighted by molar-refractivity contribution is 1.18. The molecule has 1 aromatic heterocycles. The van der Waals surface area contributed by atoms with E-state index in [-0.39, 0.29) is 0 Å². The lowest BCUT2D eigenvalue weighted by Crippen LogP contribution is -2.74. The summed E-state index contributed by atoms with van der Waals surface area (Å²) in [6.45, 7) is 8.12. The zero-order valence-corrected chi connectivity index (χ0v) is 28.0. The van der Waals surface area contributed by atoms with Crippen molar-refractivity contribution in [1.29, 1.82) is 10.5 Å². The second-order valence-electron chi connectivity index (χ2n) is 12.2. The van der Waals surface area contributed by atoms with E-state index in [2.05, 4.69) is 137 Å². The molecule has 0 saturated heterocycles. The smallest absolute Gasteiger partial charge is 0.211 e. The lowest BCUT2D eigenvalue weighted by Gasteiger charge is -2.34. The molecule has 0 N–H and O–H groups in total. The van der Waals surface area contributed by atoms with Gasteiger partial charge in [-0.3, -0.25) is 0 Å². The third-order valence-electron chi connectivity index (χ3n) is 9.65. The molecular weight excluding hydrogens is 625 g/mol. The highest BCUT2D eigenvalue weighted by Crippen LogP contribution is 2.39. The lowest BCUT2D eigenvalue weighted by atomic mass is 9.98. The molecule has 8 aromatic rings. The van der Waals surface area contributed by atoms with Gasteiger partial charge in [0.2, 0.25) is 5.69 Å². The first kappa shape index (κ1) is 30.4. The van der Waals surface area contributed by atoms with E-state index in [9.17, 15) is 10.5 Å². The molecule has 0 saturated carbocycles. The number of fused-ring (bicyclic) bond motifs is 3. The fourth-order valence-corrected chi connectivity index (χ4v) is 12.2. The van der Waals surface area contributed by atoms with Crippen LogP contribution in [0.2, 0.25) is 0 Å². The van der Waals surface area contributed by atoms with Gasteiger partial charge in [-0.05, 0) is 68.3 Å². The number of aromatic nitrogens is 1. The Hall–Kier alpha value is -6.97. The highest BCUT2D eigenvalue weighted by molar-refractivity contribution is 7.19. The molecule has 0 aliphatic heterocycles. The molecule has 0 aliphatic carbocycles. The van der Waals surface area contributed by atoms with Crippen molar-refractivity contribution in [3.05, 3.63) is 192 Å². The van der Waals surface area contributed by atoms with E-state index in [1.165, 1.54) is 20.7 Å². The zero-order valence-electron chi connectivity index (χ0n) is 27.0. The van der Waals surface area contributed by atoms with Crippen LogP contribution in [-0.2, 0) is 0 Å². The summed E-state index contributed by atoms with van der Waals surface area (Å²) >= 11 is 0. The number of rotatable bonds is 6. The highest BCUT2D eigenvalue weighted by atomic mass is 28.3. The minimum atomic E-state index is -2.72. The molecule has 1 heterocycles. The normalized spacial score (nSPS) is 11.1. The Kier molecular flexibility index (Phi) is 7.63. The van der Waals surface area contributed by atoms with Gasteiger partial charge in [0.15, 0.2) is 8.07 Å². The monoisotopic (exact) mass is 652 g/mol. The van der Waals surface area contributed by atoms with Gasteiger partial charge in [0.25, 0.3) is 0 Å². The maximum atomic E-state index is 10.4. The quantitative estimate of drug-likeness (QED) is 0.104. The van der Waals surface area contributed by atoms with Crippen LogP contribution in [0.1, 0.15) is 11.1 Å². The Morgan fingerprint density at radius 2 is 1.06 bits per heavy atom. The van der Waals surface area contributed by atoms with Crippen molar-refractivity contribution in [2.45, 2.75) is 0 Å². The van der Waals surface area contributed by atoms with Crippen LogP contribution in [0.3, 0.4) is 0 Å². The number of nitrogens with zero attached hydrogens (tertiary/aromatic N) is 4. The first-order chi connectivity index (χ1) is 24.7. The van der Waals surface area contributed by atoms with Gasteiger partial charge in [0, 0.05) is 16.3 Å². The molecule has 50 heavy (non-hydrogen) atoms. The topological polar surface area (TPSA) is 56.9 Å². The number of benzene rings is 7. The van der Waals surface area contributed by atoms with E-state index in [4.69, 9.17) is 6.57 Å². The van der Waals surface area contributed by atoms with Crippen molar-refractivity contribution in [1.82, 2.24) is 4.57 Å². The van der Waals surface area contributed by atoms with E-state index < -0.39 is 8.07 Å². The van der Waals surface area contributed by atoms with Crippen LogP contribution in [0, 0.1) is 29.2 Å². The van der Waals surface area contributed by atoms with Gasteiger partial charge in [0.1, 0.15) is 0 Å². The Bertz CT molecular complexity index is 2560. The average Bonchev–Trinajstić information content (AvgIpc) is 3.52. The molecule has 0 fully saturated rings. The molecule has 7 aromatic carbocycles. The largest absolute Gasteiger partial charge is 0.319 e. The first-order valence-electron chi connectivity index (χ1n) is 16.3. The van der Waals surface area contributed by atoms with Crippen molar-refractivity contribution in [3.63, 3.8) is 0 Å². The molecule has 0 spiro atoms. The van der Waals surface area contributed by atoms with Crippen LogP contribution in [-0.4, -0.2) is 12.6 Å². The van der Waals surface area contributed by atoms with E-state index in [1.54, 1.807) is 12.1 Å². The molecule has 5 heteroatoms. The van der Waals surface area contributed by atoms with E-state index >= 15 is 0 Å². The average molecular weight is 653 g/mol. The van der Waals surface area contributed by atoms with Crippen LogP contribution < -0.4 is 20.7 Å². The SMILES string of the molecule is [C-]#[N+]c1cc(C#N)c(-c2ccc([Si](c3ccccc3)(c3ccccc3)c3ccccc3)cc2)cc1-n1c2ccccc2c2cc(C#N)ccc21. The molecule has 4 nitrogen and oxygen atoms in total. The van der Waals surface area contributed by atoms with Crippen molar-refractivity contribution >= 4 is 56.3 Å². The molecule has 0 atom stereocenters. The van der Waals surface area contributed by atoms with Gasteiger partial charge in [-0.15, -0.1) is 0 Å². The minimum absolute atomic E-state index is 0.387. The van der Waals surface area contributed by atoms with E-state index in [0.717, 1.165) is 32.9 Å². The Morgan fingerprint density at radius 1 is 0.520 bits per heavy atom. The predicted octanol–water partition coefficient (Wildman–Crippen LogP) is 8.12. The van der Waals surface area contributed by atoms with Crippen molar-refractivity contribution in [2.75, 3.05) is 0 Å². The summed E-state index contributed by atoms with van der Waals surface area (Å²) in [6.07, 6.45) is 0. The molecule has 0 radical (unpaired) electrons. The second kappa shape index (κ2) is 12.6. The number of para-hydroxylation sites is 1. The fourth-order valence-electron chi connectivity index (χ4n) is 7.44. The summed E-state index contributed by atoms with van der Waals surface area (Å²) < 4.78 is 2.08. The maximum Gasteiger partial charge on any atom is 0.211 e. The Labute approximate surface area is 291 Å². The molecule has 0 aliphatic rings. The number of hydrogen-bond acceptors (Lipinski definition) is 2. The summed E-state index contributed by atoms with van der Waals surface area (Å²) in [4.78, 5) is 3.90. The highest BCUT2D eigenvalue weighted by Gasteiger charge is 2.41. The van der Waals surface area contributed by atoms with Gasteiger partial charge in [0.05, 0.1) is 41.0 Å². The third-order valence-corrected chi connectivity index (χ3v) is 14.4. The van der Waals surface area contributed by atoms with Crippen LogP contribution >= 0.6 is 0 Å². The van der Waals surface area contributed by atoms with Gasteiger partial charge in [-0.2, -0.15) is 10.5 Å². The minimum Gasteiger partial charge on any atom is -0.319 e. The zero-order chi connectivity index (χ0) is 34.1. The maximum absolute atomic E-state index is 10.4. The predicted molar refractivity (Wildman–Crippen MR) is 206 cm³/mol. The van der Waals surface area contributed by atoms with Crippen LogP contribution in [0.4, 0.5) is 5.69 Å². The summed E-state index contributed by atoms with van der Waals surface area (Å²) in [7, 11) is -2.72. The van der Waals surface area contributed by atoms with Crippen molar-refractivity contribution in [3.8, 4) is 29.0 Å². The Balaban J connectivity index is 1.35. The number of hydrogen-bond donors (Lipinski definition) is 0. The van der Waals surface area contributed by atoms with Crippen molar-refractivity contribution in [2.24, 2.45) is 0 Å². The van der Waals surface area contributed by atoms with Gasteiger partial charge >= 0.3 is 0 Å². The number of nitriles is 2. The second-order valence-corrected chi connectivity index (χ2v) is 16.0. The molecule has 0 bridgehead atoms. The fraction of sp³-hybridized carbons (Fsp3) is 0. The molecule has 8 rings (SSSR count). The molecule has 0 amide bonds. The molecule has 0 unspecified atom stereocenters.